The summed E-state index contributed by atoms with van der Waals surface area (Å²) >= 11 is 6.46. The molecule has 190 valence electrons. The van der Waals surface area contributed by atoms with Gasteiger partial charge in [-0.25, -0.2) is 9.37 Å². The number of rotatable bonds is 8. The van der Waals surface area contributed by atoms with Gasteiger partial charge >= 0.3 is 6.18 Å². The number of carbonyl (C=O) groups excluding carboxylic acids is 2. The van der Waals surface area contributed by atoms with Crippen LogP contribution < -0.4 is 20.7 Å². The monoisotopic (exact) mass is 516 g/mol. The summed E-state index contributed by atoms with van der Waals surface area (Å²) in [7, 11) is 0. The summed E-state index contributed by atoms with van der Waals surface area (Å²) in [5.41, 5.74) is 1.07. The van der Waals surface area contributed by atoms with E-state index >= 15 is 0 Å². The second kappa shape index (κ2) is 11.2. The molecular weight excluding hydrogens is 492 g/mol. The van der Waals surface area contributed by atoms with Crippen LogP contribution in [0.3, 0.4) is 0 Å². The molecule has 7 nitrogen and oxygen atoms in total. The van der Waals surface area contributed by atoms with Gasteiger partial charge in [0, 0.05) is 42.8 Å². The molecule has 2 atom stereocenters. The molecule has 2 aromatic rings. The fourth-order valence-corrected chi connectivity index (χ4v) is 3.76. The molecule has 2 unspecified atom stereocenters. The molecule has 1 aliphatic rings. The van der Waals surface area contributed by atoms with Crippen LogP contribution in [-0.4, -0.2) is 29.6 Å². The average molecular weight is 517 g/mol. The second-order valence-corrected chi connectivity index (χ2v) is 8.75. The van der Waals surface area contributed by atoms with Crippen molar-refractivity contribution < 1.29 is 31.9 Å². The number of carbonyl (C=O) groups is 2. The Morgan fingerprint density at radius 2 is 2.03 bits per heavy atom. The summed E-state index contributed by atoms with van der Waals surface area (Å²) in [5.74, 6) is -1.41. The summed E-state index contributed by atoms with van der Waals surface area (Å²) < 4.78 is 56.6. The Bertz CT molecular complexity index is 1060. The van der Waals surface area contributed by atoms with Crippen molar-refractivity contribution in [3.63, 3.8) is 0 Å². The number of nitrogens with zero attached hydrogens (tertiary/aromatic N) is 1. The first-order chi connectivity index (χ1) is 16.4. The van der Waals surface area contributed by atoms with Crippen LogP contribution in [0.2, 0.25) is 5.02 Å². The zero-order valence-corrected chi connectivity index (χ0v) is 19.8. The number of halogens is 5. The number of amides is 2. The van der Waals surface area contributed by atoms with E-state index in [0.717, 1.165) is 0 Å². The van der Waals surface area contributed by atoms with Gasteiger partial charge < -0.3 is 15.4 Å². The standard InChI is InChI=1S/C23H25ClF4N4O3/c1-12(2)22(34)30-11-14-3-5-15(25)19(20(14)24)21-31-16(9-17(33)32-21)13-4-6-18(29-10-13)35-8-7-23(26,27)28/h3-6,10,12,16,21,31H,7-9,11H2,1-2H3,(H,30,34)(H,32,33). The van der Waals surface area contributed by atoms with Crippen LogP contribution in [0.4, 0.5) is 17.6 Å². The first-order valence-electron chi connectivity index (χ1n) is 10.9. The van der Waals surface area contributed by atoms with Crippen LogP contribution in [-0.2, 0) is 16.1 Å². The third-order valence-electron chi connectivity index (χ3n) is 5.33. The van der Waals surface area contributed by atoms with Gasteiger partial charge in [-0.3, -0.25) is 14.9 Å². The maximum absolute atomic E-state index is 14.8. The van der Waals surface area contributed by atoms with E-state index in [-0.39, 0.29) is 47.2 Å². The molecule has 1 aromatic carbocycles. The molecule has 3 N–H and O–H groups in total. The van der Waals surface area contributed by atoms with E-state index in [1.54, 1.807) is 19.9 Å². The Hall–Kier alpha value is -2.92. The normalized spacial score (nSPS) is 18.3. The zero-order chi connectivity index (χ0) is 25.8. The summed E-state index contributed by atoms with van der Waals surface area (Å²) in [6.07, 6.45) is -4.99. The lowest BCUT2D eigenvalue weighted by Crippen LogP contribution is -2.47. The van der Waals surface area contributed by atoms with Crippen LogP contribution in [0, 0.1) is 11.7 Å². The number of nitrogens with one attached hydrogen (secondary N) is 3. The summed E-state index contributed by atoms with van der Waals surface area (Å²) in [5, 5.41) is 8.57. The molecule has 1 aromatic heterocycles. The number of hydrogen-bond donors (Lipinski definition) is 3. The van der Waals surface area contributed by atoms with Crippen molar-refractivity contribution in [2.75, 3.05) is 6.61 Å². The molecule has 35 heavy (non-hydrogen) atoms. The molecule has 0 spiro atoms. The van der Waals surface area contributed by atoms with Gasteiger partial charge in [0.25, 0.3) is 0 Å². The van der Waals surface area contributed by atoms with Crippen LogP contribution in [0.15, 0.2) is 30.5 Å². The highest BCUT2D eigenvalue weighted by atomic mass is 35.5. The summed E-state index contributed by atoms with van der Waals surface area (Å²) in [4.78, 5) is 28.3. The molecule has 0 saturated carbocycles. The molecule has 12 heteroatoms. The summed E-state index contributed by atoms with van der Waals surface area (Å²) in [6.45, 7) is 3.01. The van der Waals surface area contributed by atoms with Crippen molar-refractivity contribution >= 4 is 23.4 Å². The van der Waals surface area contributed by atoms with E-state index in [0.29, 0.717) is 11.1 Å². The molecule has 1 saturated heterocycles. The van der Waals surface area contributed by atoms with Crippen LogP contribution in [0.5, 0.6) is 5.88 Å². The van der Waals surface area contributed by atoms with Crippen molar-refractivity contribution in [3.8, 4) is 5.88 Å². The highest BCUT2D eigenvalue weighted by molar-refractivity contribution is 6.32. The van der Waals surface area contributed by atoms with Crippen molar-refractivity contribution in [2.24, 2.45) is 5.92 Å². The van der Waals surface area contributed by atoms with Gasteiger partial charge in [0.2, 0.25) is 17.7 Å². The fourth-order valence-electron chi connectivity index (χ4n) is 3.43. The Labute approximate surface area is 204 Å². The summed E-state index contributed by atoms with van der Waals surface area (Å²) in [6, 6.07) is 5.08. The van der Waals surface area contributed by atoms with E-state index in [1.807, 2.05) is 0 Å². The lowest BCUT2D eigenvalue weighted by Gasteiger charge is -2.33. The Balaban J connectivity index is 1.74. The minimum absolute atomic E-state index is 0.0139. The lowest BCUT2D eigenvalue weighted by atomic mass is 9.99. The lowest BCUT2D eigenvalue weighted by molar-refractivity contribution is -0.139. The van der Waals surface area contributed by atoms with Crippen LogP contribution in [0.1, 0.15) is 55.6 Å². The van der Waals surface area contributed by atoms with Crippen LogP contribution >= 0.6 is 11.6 Å². The maximum Gasteiger partial charge on any atom is 0.392 e. The van der Waals surface area contributed by atoms with Gasteiger partial charge in [-0.05, 0) is 17.2 Å². The highest BCUT2D eigenvalue weighted by Gasteiger charge is 2.32. The number of hydrogen-bond acceptors (Lipinski definition) is 5. The maximum atomic E-state index is 14.8. The molecule has 0 aliphatic carbocycles. The number of alkyl halides is 3. The first kappa shape index (κ1) is 26.7. The predicted molar refractivity (Wildman–Crippen MR) is 120 cm³/mol. The molecule has 2 amide bonds. The van der Waals surface area contributed by atoms with E-state index in [9.17, 15) is 27.2 Å². The van der Waals surface area contributed by atoms with Crippen molar-refractivity contribution in [2.45, 2.75) is 51.6 Å². The smallest absolute Gasteiger partial charge is 0.392 e. The molecule has 0 radical (unpaired) electrons. The Kier molecular flexibility index (Phi) is 8.55. The van der Waals surface area contributed by atoms with E-state index in [2.05, 4.69) is 20.9 Å². The first-order valence-corrected chi connectivity index (χ1v) is 11.3. The zero-order valence-electron chi connectivity index (χ0n) is 19.0. The molecule has 2 heterocycles. The molecule has 0 bridgehead atoms. The van der Waals surface area contributed by atoms with Crippen molar-refractivity contribution in [1.29, 1.82) is 0 Å². The van der Waals surface area contributed by atoms with E-state index in [1.165, 1.54) is 24.4 Å². The number of aromatic nitrogens is 1. The number of ether oxygens (including phenoxy) is 1. The quantitative estimate of drug-likeness (QED) is 0.454. The number of benzene rings is 1. The minimum Gasteiger partial charge on any atom is -0.477 e. The molecule has 1 fully saturated rings. The molecular formula is C23H25ClF4N4O3. The van der Waals surface area contributed by atoms with Gasteiger partial charge in [0.1, 0.15) is 12.0 Å². The van der Waals surface area contributed by atoms with Gasteiger partial charge in [-0.2, -0.15) is 13.2 Å². The molecule has 1 aliphatic heterocycles. The Morgan fingerprint density at radius 3 is 2.66 bits per heavy atom. The largest absolute Gasteiger partial charge is 0.477 e. The van der Waals surface area contributed by atoms with Gasteiger partial charge in [0.15, 0.2) is 0 Å². The highest BCUT2D eigenvalue weighted by Crippen LogP contribution is 2.33. The Morgan fingerprint density at radius 1 is 1.29 bits per heavy atom. The topological polar surface area (TPSA) is 92.4 Å². The average Bonchev–Trinajstić information content (AvgIpc) is 2.77. The van der Waals surface area contributed by atoms with E-state index in [4.69, 9.17) is 16.3 Å². The fraction of sp³-hybridized carbons (Fsp3) is 0.435. The van der Waals surface area contributed by atoms with E-state index < -0.39 is 37.2 Å². The van der Waals surface area contributed by atoms with Crippen LogP contribution in [0.25, 0.3) is 0 Å². The third-order valence-corrected chi connectivity index (χ3v) is 5.78. The number of pyridine rings is 1. The van der Waals surface area contributed by atoms with Crippen molar-refractivity contribution in [1.82, 2.24) is 20.9 Å². The minimum atomic E-state index is -4.33. The van der Waals surface area contributed by atoms with Gasteiger partial charge in [0.05, 0.1) is 18.1 Å². The predicted octanol–water partition coefficient (Wildman–Crippen LogP) is 4.33. The SMILES string of the molecule is CC(C)C(=O)NCc1ccc(F)c(C2NC(=O)CC(c3ccc(OCCC(F)(F)F)nc3)N2)c1Cl. The van der Waals surface area contributed by atoms with Gasteiger partial charge in [-0.15, -0.1) is 0 Å². The van der Waals surface area contributed by atoms with Crippen molar-refractivity contribution in [3.05, 3.63) is 58.0 Å². The third kappa shape index (κ3) is 7.28. The van der Waals surface area contributed by atoms with Gasteiger partial charge in [-0.1, -0.05) is 37.6 Å². The molecule has 3 rings (SSSR count). The second-order valence-electron chi connectivity index (χ2n) is 8.37.